The lowest BCUT2D eigenvalue weighted by Crippen LogP contribution is -2.42. The second-order valence-electron chi connectivity index (χ2n) is 6.24. The summed E-state index contributed by atoms with van der Waals surface area (Å²) in [5.41, 5.74) is 0.0742. The maximum Gasteiger partial charge on any atom is 0.251 e. The SMILES string of the molecule is CC(C)(O)c1cn(C2CCCN(c3ccccc3Cl)C2=O)nn1. The van der Waals surface area contributed by atoms with Crippen LogP contribution < -0.4 is 4.90 Å². The van der Waals surface area contributed by atoms with Gasteiger partial charge < -0.3 is 10.0 Å². The average Bonchev–Trinajstić information content (AvgIpc) is 2.98. The number of carbonyl (C=O) groups excluding carboxylic acids is 1. The van der Waals surface area contributed by atoms with Crippen LogP contribution in [0.1, 0.15) is 38.4 Å². The minimum atomic E-state index is -1.08. The van der Waals surface area contributed by atoms with Gasteiger partial charge in [0.05, 0.1) is 16.9 Å². The number of para-hydroxylation sites is 1. The first kappa shape index (κ1) is 16.0. The number of aromatic nitrogens is 3. The van der Waals surface area contributed by atoms with Gasteiger partial charge in [-0.3, -0.25) is 4.79 Å². The molecule has 2 aromatic rings. The van der Waals surface area contributed by atoms with Gasteiger partial charge in [0, 0.05) is 6.54 Å². The Morgan fingerprint density at radius 2 is 2.09 bits per heavy atom. The zero-order valence-corrected chi connectivity index (χ0v) is 13.9. The van der Waals surface area contributed by atoms with Crippen molar-refractivity contribution in [1.82, 2.24) is 15.0 Å². The fourth-order valence-electron chi connectivity index (χ4n) is 2.72. The maximum atomic E-state index is 12.9. The van der Waals surface area contributed by atoms with Crippen LogP contribution in [0, 0.1) is 0 Å². The van der Waals surface area contributed by atoms with E-state index in [1.807, 2.05) is 18.2 Å². The van der Waals surface area contributed by atoms with Gasteiger partial charge >= 0.3 is 0 Å². The lowest BCUT2D eigenvalue weighted by Gasteiger charge is -2.32. The third-order valence-electron chi connectivity index (χ3n) is 4.01. The van der Waals surface area contributed by atoms with Crippen molar-refractivity contribution in [2.45, 2.75) is 38.3 Å². The molecule has 1 aromatic heterocycles. The fourth-order valence-corrected chi connectivity index (χ4v) is 2.96. The van der Waals surface area contributed by atoms with Gasteiger partial charge in [0.1, 0.15) is 17.3 Å². The number of benzene rings is 1. The molecule has 6 nitrogen and oxygen atoms in total. The zero-order valence-electron chi connectivity index (χ0n) is 13.1. The first-order valence-corrected chi connectivity index (χ1v) is 7.96. The van der Waals surface area contributed by atoms with Crippen molar-refractivity contribution in [2.75, 3.05) is 11.4 Å². The number of hydrogen-bond donors (Lipinski definition) is 1. The van der Waals surface area contributed by atoms with Gasteiger partial charge in [-0.25, -0.2) is 4.68 Å². The molecular weight excluding hydrogens is 316 g/mol. The summed E-state index contributed by atoms with van der Waals surface area (Å²) in [6.45, 7) is 3.91. The van der Waals surface area contributed by atoms with E-state index in [0.29, 0.717) is 29.4 Å². The van der Waals surface area contributed by atoms with Crippen molar-refractivity contribution < 1.29 is 9.90 Å². The molecule has 1 aromatic carbocycles. The number of halogens is 1. The molecule has 1 saturated heterocycles. The van der Waals surface area contributed by atoms with Crippen LogP contribution in [0.25, 0.3) is 0 Å². The van der Waals surface area contributed by atoms with E-state index in [1.165, 1.54) is 0 Å². The average molecular weight is 335 g/mol. The Morgan fingerprint density at radius 3 is 2.74 bits per heavy atom. The van der Waals surface area contributed by atoms with Gasteiger partial charge in [0.25, 0.3) is 5.91 Å². The summed E-state index contributed by atoms with van der Waals surface area (Å²) in [4.78, 5) is 14.6. The van der Waals surface area contributed by atoms with Gasteiger partial charge in [-0.2, -0.15) is 0 Å². The molecule has 1 atom stereocenters. The van der Waals surface area contributed by atoms with Crippen LogP contribution in [-0.4, -0.2) is 32.6 Å². The summed E-state index contributed by atoms with van der Waals surface area (Å²) in [5, 5.41) is 18.6. The van der Waals surface area contributed by atoms with Crippen LogP contribution in [0.4, 0.5) is 5.69 Å². The Hall–Kier alpha value is -1.92. The van der Waals surface area contributed by atoms with E-state index < -0.39 is 11.6 Å². The molecule has 2 heterocycles. The van der Waals surface area contributed by atoms with Crippen molar-refractivity contribution in [3.05, 3.63) is 41.2 Å². The molecule has 1 N–H and O–H groups in total. The number of aliphatic hydroxyl groups is 1. The molecule has 1 amide bonds. The summed E-state index contributed by atoms with van der Waals surface area (Å²) in [6, 6.07) is 6.88. The number of amides is 1. The Kier molecular flexibility index (Phi) is 4.12. The molecule has 0 bridgehead atoms. The van der Waals surface area contributed by atoms with Crippen LogP contribution >= 0.6 is 11.6 Å². The zero-order chi connectivity index (χ0) is 16.6. The van der Waals surface area contributed by atoms with E-state index >= 15 is 0 Å². The molecule has 3 rings (SSSR count). The minimum Gasteiger partial charge on any atom is -0.384 e. The molecule has 0 saturated carbocycles. The van der Waals surface area contributed by atoms with E-state index in [0.717, 1.165) is 6.42 Å². The highest BCUT2D eigenvalue weighted by Crippen LogP contribution is 2.32. The van der Waals surface area contributed by atoms with Gasteiger partial charge in [0.2, 0.25) is 0 Å². The lowest BCUT2D eigenvalue weighted by atomic mass is 10.0. The van der Waals surface area contributed by atoms with E-state index in [4.69, 9.17) is 11.6 Å². The van der Waals surface area contributed by atoms with Crippen molar-refractivity contribution in [2.24, 2.45) is 0 Å². The topological polar surface area (TPSA) is 71.2 Å². The summed E-state index contributed by atoms with van der Waals surface area (Å²) >= 11 is 6.22. The van der Waals surface area contributed by atoms with E-state index in [2.05, 4.69) is 10.3 Å². The molecule has 0 radical (unpaired) electrons. The van der Waals surface area contributed by atoms with E-state index in [9.17, 15) is 9.90 Å². The summed E-state index contributed by atoms with van der Waals surface area (Å²) in [5.74, 6) is -0.0588. The quantitative estimate of drug-likeness (QED) is 0.936. The predicted octanol–water partition coefficient (Wildman–Crippen LogP) is 2.53. The Balaban J connectivity index is 1.88. The largest absolute Gasteiger partial charge is 0.384 e. The van der Waals surface area contributed by atoms with Crippen LogP contribution in [-0.2, 0) is 10.4 Å². The first-order chi connectivity index (χ1) is 10.9. The minimum absolute atomic E-state index is 0.0588. The number of hydrogen-bond acceptors (Lipinski definition) is 4. The second-order valence-corrected chi connectivity index (χ2v) is 6.65. The van der Waals surface area contributed by atoms with Gasteiger partial charge in [-0.1, -0.05) is 28.9 Å². The third-order valence-corrected chi connectivity index (χ3v) is 4.33. The van der Waals surface area contributed by atoms with Gasteiger partial charge in [-0.05, 0) is 38.8 Å². The number of anilines is 1. The maximum absolute atomic E-state index is 12.9. The molecule has 1 unspecified atom stereocenters. The number of carbonyl (C=O) groups is 1. The molecule has 122 valence electrons. The summed E-state index contributed by atoms with van der Waals surface area (Å²) in [6.07, 6.45) is 3.17. The monoisotopic (exact) mass is 334 g/mol. The Bertz CT molecular complexity index is 723. The Labute approximate surface area is 139 Å². The van der Waals surface area contributed by atoms with Gasteiger partial charge in [-0.15, -0.1) is 5.10 Å². The summed E-state index contributed by atoms with van der Waals surface area (Å²) in [7, 11) is 0. The molecule has 1 aliphatic rings. The van der Waals surface area contributed by atoms with Crippen molar-refractivity contribution in [1.29, 1.82) is 0 Å². The predicted molar refractivity (Wildman–Crippen MR) is 87.3 cm³/mol. The molecule has 0 spiro atoms. The molecule has 1 aliphatic heterocycles. The smallest absolute Gasteiger partial charge is 0.251 e. The molecule has 23 heavy (non-hydrogen) atoms. The van der Waals surface area contributed by atoms with Crippen molar-refractivity contribution in [3.63, 3.8) is 0 Å². The van der Waals surface area contributed by atoms with E-state index in [-0.39, 0.29) is 5.91 Å². The Morgan fingerprint density at radius 1 is 1.35 bits per heavy atom. The van der Waals surface area contributed by atoms with Crippen molar-refractivity contribution in [3.8, 4) is 0 Å². The molecule has 0 aliphatic carbocycles. The van der Waals surface area contributed by atoms with Gasteiger partial charge in [0.15, 0.2) is 0 Å². The highest BCUT2D eigenvalue weighted by Gasteiger charge is 2.33. The normalized spacial score (nSPS) is 19.2. The number of piperidine rings is 1. The summed E-state index contributed by atoms with van der Waals surface area (Å²) < 4.78 is 1.54. The highest BCUT2D eigenvalue weighted by molar-refractivity contribution is 6.33. The van der Waals surface area contributed by atoms with Crippen molar-refractivity contribution >= 4 is 23.2 Å². The standard InChI is InChI=1S/C16H19ClN4O2/c1-16(2,23)14-10-21(19-18-14)13-8-5-9-20(15(13)22)12-7-4-3-6-11(12)17/h3-4,6-7,10,13,23H,5,8-9H2,1-2H3. The van der Waals surface area contributed by atoms with Crippen LogP contribution in [0.5, 0.6) is 0 Å². The molecule has 1 fully saturated rings. The highest BCUT2D eigenvalue weighted by atomic mass is 35.5. The van der Waals surface area contributed by atoms with Crippen LogP contribution in [0.15, 0.2) is 30.5 Å². The van der Waals surface area contributed by atoms with E-state index in [1.54, 1.807) is 35.7 Å². The number of nitrogens with zero attached hydrogens (tertiary/aromatic N) is 4. The first-order valence-electron chi connectivity index (χ1n) is 7.58. The fraction of sp³-hybridized carbons (Fsp3) is 0.438. The van der Waals surface area contributed by atoms with Crippen LogP contribution in [0.3, 0.4) is 0 Å². The number of rotatable bonds is 3. The molecule has 7 heteroatoms. The van der Waals surface area contributed by atoms with Crippen LogP contribution in [0.2, 0.25) is 5.02 Å². The third kappa shape index (κ3) is 3.09. The second kappa shape index (κ2) is 5.94. The lowest BCUT2D eigenvalue weighted by molar-refractivity contribution is -0.123. The molecular formula is C16H19ClN4O2.